The average molecular weight is 231 g/mol. The van der Waals surface area contributed by atoms with E-state index in [0.717, 1.165) is 43.9 Å². The van der Waals surface area contributed by atoms with Gasteiger partial charge in [-0.3, -0.25) is 0 Å². The number of hydrogen-bond donors (Lipinski definition) is 0. The molecule has 3 heterocycles. The lowest BCUT2D eigenvalue weighted by molar-refractivity contribution is 0.0660. The molecule has 1 saturated heterocycles. The van der Waals surface area contributed by atoms with Crippen LogP contribution >= 0.6 is 0 Å². The second kappa shape index (κ2) is 4.45. The number of pyridine rings is 1. The van der Waals surface area contributed by atoms with Gasteiger partial charge in [0, 0.05) is 25.8 Å². The Bertz CT molecular complexity index is 514. The number of ether oxygens (including phenoxy) is 1. The van der Waals surface area contributed by atoms with E-state index >= 15 is 0 Å². The minimum absolute atomic E-state index is 0.683. The zero-order chi connectivity index (χ0) is 11.7. The van der Waals surface area contributed by atoms with Gasteiger partial charge in [0.05, 0.1) is 0 Å². The summed E-state index contributed by atoms with van der Waals surface area (Å²) in [5, 5.41) is 4.51. The van der Waals surface area contributed by atoms with Gasteiger partial charge in [-0.1, -0.05) is 0 Å². The summed E-state index contributed by atoms with van der Waals surface area (Å²) in [6.45, 7) is 3.85. The summed E-state index contributed by atoms with van der Waals surface area (Å²) >= 11 is 0. The molecule has 2 aromatic heterocycles. The predicted molar refractivity (Wildman–Crippen MR) is 65.0 cm³/mol. The van der Waals surface area contributed by atoms with Gasteiger partial charge < -0.3 is 4.74 Å². The van der Waals surface area contributed by atoms with Gasteiger partial charge in [-0.15, -0.1) is 0 Å². The van der Waals surface area contributed by atoms with Gasteiger partial charge >= 0.3 is 0 Å². The number of rotatable bonds is 2. The van der Waals surface area contributed by atoms with Crippen molar-refractivity contribution in [3.63, 3.8) is 0 Å². The molecule has 0 N–H and O–H groups in total. The van der Waals surface area contributed by atoms with E-state index in [1.165, 1.54) is 5.56 Å². The molecule has 0 radical (unpaired) electrons. The van der Waals surface area contributed by atoms with Crippen LogP contribution in [0.15, 0.2) is 18.3 Å². The molecule has 3 rings (SSSR count). The van der Waals surface area contributed by atoms with E-state index in [1.807, 2.05) is 10.7 Å². The van der Waals surface area contributed by atoms with Crippen LogP contribution in [0.1, 0.15) is 24.2 Å². The highest BCUT2D eigenvalue weighted by Gasteiger charge is 2.16. The van der Waals surface area contributed by atoms with Crippen molar-refractivity contribution in [3.05, 3.63) is 29.7 Å². The zero-order valence-corrected chi connectivity index (χ0v) is 10.1. The van der Waals surface area contributed by atoms with Crippen molar-refractivity contribution in [2.75, 3.05) is 13.2 Å². The monoisotopic (exact) mass is 231 g/mol. The van der Waals surface area contributed by atoms with E-state index in [2.05, 4.69) is 29.1 Å². The normalized spacial score (nSPS) is 17.7. The van der Waals surface area contributed by atoms with E-state index in [-0.39, 0.29) is 0 Å². The fourth-order valence-electron chi connectivity index (χ4n) is 2.32. The SMILES string of the molecule is Cc1ccn2nc(CC3CCOCC3)nc2c1. The fourth-order valence-corrected chi connectivity index (χ4v) is 2.32. The standard InChI is InChI=1S/C13H17N3O/c1-10-2-5-16-13(8-10)14-12(15-16)9-11-3-6-17-7-4-11/h2,5,8,11H,3-4,6-7,9H2,1H3. The maximum atomic E-state index is 5.37. The third kappa shape index (κ3) is 2.31. The summed E-state index contributed by atoms with van der Waals surface area (Å²) in [5.41, 5.74) is 2.18. The van der Waals surface area contributed by atoms with Gasteiger partial charge in [-0.05, 0) is 43.4 Å². The van der Waals surface area contributed by atoms with E-state index < -0.39 is 0 Å². The molecular formula is C13H17N3O. The van der Waals surface area contributed by atoms with E-state index in [9.17, 15) is 0 Å². The van der Waals surface area contributed by atoms with Crippen LogP contribution in [0.2, 0.25) is 0 Å². The molecule has 1 aliphatic rings. The maximum absolute atomic E-state index is 5.37. The second-order valence-corrected chi connectivity index (χ2v) is 4.79. The molecule has 2 aromatic rings. The van der Waals surface area contributed by atoms with Crippen LogP contribution in [-0.4, -0.2) is 27.8 Å². The lowest BCUT2D eigenvalue weighted by Gasteiger charge is -2.20. The van der Waals surface area contributed by atoms with Gasteiger partial charge in [0.1, 0.15) is 0 Å². The molecule has 0 unspecified atom stereocenters. The summed E-state index contributed by atoms with van der Waals surface area (Å²) in [6.07, 6.45) is 5.22. The lowest BCUT2D eigenvalue weighted by Crippen LogP contribution is -2.18. The smallest absolute Gasteiger partial charge is 0.155 e. The number of aryl methyl sites for hydroxylation is 1. The minimum atomic E-state index is 0.683. The molecule has 0 atom stereocenters. The Balaban J connectivity index is 1.80. The largest absolute Gasteiger partial charge is 0.381 e. The Kier molecular flexibility index (Phi) is 2.81. The number of hydrogen-bond acceptors (Lipinski definition) is 3. The van der Waals surface area contributed by atoms with E-state index in [4.69, 9.17) is 4.74 Å². The van der Waals surface area contributed by atoms with E-state index in [1.54, 1.807) is 0 Å². The average Bonchev–Trinajstić information content (AvgIpc) is 2.71. The van der Waals surface area contributed by atoms with Crippen molar-refractivity contribution < 1.29 is 4.74 Å². The minimum Gasteiger partial charge on any atom is -0.381 e. The van der Waals surface area contributed by atoms with Gasteiger partial charge in [0.25, 0.3) is 0 Å². The summed E-state index contributed by atoms with van der Waals surface area (Å²) in [5.74, 6) is 1.64. The van der Waals surface area contributed by atoms with Crippen LogP contribution < -0.4 is 0 Å². The Morgan fingerprint density at radius 3 is 3.06 bits per heavy atom. The Morgan fingerprint density at radius 1 is 1.41 bits per heavy atom. The van der Waals surface area contributed by atoms with Crippen LogP contribution in [0.3, 0.4) is 0 Å². The highest BCUT2D eigenvalue weighted by atomic mass is 16.5. The van der Waals surface area contributed by atoms with Gasteiger partial charge in [-0.25, -0.2) is 9.50 Å². The molecule has 0 bridgehead atoms. The van der Waals surface area contributed by atoms with Crippen molar-refractivity contribution in [3.8, 4) is 0 Å². The van der Waals surface area contributed by atoms with Crippen molar-refractivity contribution in [1.29, 1.82) is 0 Å². The molecule has 0 amide bonds. The fraction of sp³-hybridized carbons (Fsp3) is 0.538. The Labute approximate surface area is 101 Å². The summed E-state index contributed by atoms with van der Waals surface area (Å²) < 4.78 is 7.23. The quantitative estimate of drug-likeness (QED) is 0.793. The van der Waals surface area contributed by atoms with Gasteiger partial charge in [-0.2, -0.15) is 5.10 Å². The zero-order valence-electron chi connectivity index (χ0n) is 10.1. The summed E-state index contributed by atoms with van der Waals surface area (Å²) in [7, 11) is 0. The van der Waals surface area contributed by atoms with Crippen LogP contribution in [-0.2, 0) is 11.2 Å². The molecular weight excluding hydrogens is 214 g/mol. The predicted octanol–water partition coefficient (Wildman–Crippen LogP) is 2.01. The number of aromatic nitrogens is 3. The molecule has 1 fully saturated rings. The highest BCUT2D eigenvalue weighted by Crippen LogP contribution is 2.18. The molecule has 1 aliphatic heterocycles. The van der Waals surface area contributed by atoms with Gasteiger partial charge in [0.2, 0.25) is 0 Å². The summed E-state index contributed by atoms with van der Waals surface area (Å²) in [6, 6.07) is 4.13. The maximum Gasteiger partial charge on any atom is 0.155 e. The third-order valence-electron chi connectivity index (χ3n) is 3.35. The molecule has 4 nitrogen and oxygen atoms in total. The molecule has 90 valence electrons. The number of nitrogens with zero attached hydrogens (tertiary/aromatic N) is 3. The first-order chi connectivity index (χ1) is 8.31. The molecule has 0 saturated carbocycles. The molecule has 17 heavy (non-hydrogen) atoms. The summed E-state index contributed by atoms with van der Waals surface area (Å²) in [4.78, 5) is 4.58. The van der Waals surface area contributed by atoms with Crippen molar-refractivity contribution in [2.45, 2.75) is 26.2 Å². The second-order valence-electron chi connectivity index (χ2n) is 4.79. The third-order valence-corrected chi connectivity index (χ3v) is 3.35. The van der Waals surface area contributed by atoms with Crippen LogP contribution in [0.25, 0.3) is 5.65 Å². The van der Waals surface area contributed by atoms with Crippen LogP contribution in [0.4, 0.5) is 0 Å². The highest BCUT2D eigenvalue weighted by molar-refractivity contribution is 5.39. The molecule has 4 heteroatoms. The van der Waals surface area contributed by atoms with Crippen molar-refractivity contribution >= 4 is 5.65 Å². The first-order valence-corrected chi connectivity index (χ1v) is 6.21. The Morgan fingerprint density at radius 2 is 2.24 bits per heavy atom. The number of fused-ring (bicyclic) bond motifs is 1. The first kappa shape index (κ1) is 10.7. The topological polar surface area (TPSA) is 39.4 Å². The van der Waals surface area contributed by atoms with Crippen LogP contribution in [0.5, 0.6) is 0 Å². The van der Waals surface area contributed by atoms with Crippen LogP contribution in [0, 0.1) is 12.8 Å². The molecule has 0 aliphatic carbocycles. The van der Waals surface area contributed by atoms with E-state index in [0.29, 0.717) is 5.92 Å². The van der Waals surface area contributed by atoms with Gasteiger partial charge in [0.15, 0.2) is 11.5 Å². The lowest BCUT2D eigenvalue weighted by atomic mass is 9.96. The van der Waals surface area contributed by atoms with Crippen molar-refractivity contribution in [2.24, 2.45) is 5.92 Å². The van der Waals surface area contributed by atoms with Crippen molar-refractivity contribution in [1.82, 2.24) is 14.6 Å². The molecule has 0 spiro atoms. The Hall–Kier alpha value is -1.42. The molecule has 0 aromatic carbocycles. The first-order valence-electron chi connectivity index (χ1n) is 6.21.